The second kappa shape index (κ2) is 30.0. The van der Waals surface area contributed by atoms with E-state index in [-0.39, 0.29) is 118 Å². The molecule has 56 heavy (non-hydrogen) atoms. The van der Waals surface area contributed by atoms with Crippen LogP contribution in [0.5, 0.6) is 5.75 Å². The number of rotatable bonds is 26. The second-order valence-corrected chi connectivity index (χ2v) is 13.3. The number of aliphatic carboxylic acids is 4. The van der Waals surface area contributed by atoms with Gasteiger partial charge in [-0.3, -0.25) is 38.8 Å². The van der Waals surface area contributed by atoms with Crippen molar-refractivity contribution >= 4 is 23.9 Å². The fourth-order valence-corrected chi connectivity index (χ4v) is 6.77. The molecular formula is C37H62GdN4O14. The van der Waals surface area contributed by atoms with Gasteiger partial charge in [0, 0.05) is 119 Å². The number of carbonyl (C=O) groups is 4. The summed E-state index contributed by atoms with van der Waals surface area (Å²) in [5, 5.41) is 69.7. The Morgan fingerprint density at radius 1 is 0.554 bits per heavy atom. The third-order valence-electron chi connectivity index (χ3n) is 9.75. The first-order valence-corrected chi connectivity index (χ1v) is 19.0. The molecule has 0 bridgehead atoms. The smallest absolute Gasteiger partial charge is 0.321 e. The maximum Gasteiger partial charge on any atom is 0.321 e. The van der Waals surface area contributed by atoms with Crippen molar-refractivity contribution in [1.82, 2.24) is 19.6 Å². The molecule has 1 aromatic carbocycles. The van der Waals surface area contributed by atoms with Gasteiger partial charge in [-0.25, -0.2) is 0 Å². The molecule has 0 spiro atoms. The number of benzene rings is 1. The molecule has 3 unspecified atom stereocenters. The minimum absolute atomic E-state index is 0. The Kier molecular flexibility index (Phi) is 27.8. The summed E-state index contributed by atoms with van der Waals surface area (Å²) in [6, 6.07) is 3.06. The van der Waals surface area contributed by atoms with Crippen LogP contribution in [0.4, 0.5) is 0 Å². The summed E-state index contributed by atoms with van der Waals surface area (Å²) in [6.45, 7) is 3.51. The topological polar surface area (TPSA) is 251 Å². The minimum Gasteiger partial charge on any atom is -0.491 e. The number of aryl methyl sites for hydroxylation is 1. The summed E-state index contributed by atoms with van der Waals surface area (Å²) in [5.74, 6) is -4.01. The molecule has 0 aliphatic carbocycles. The average molecular weight is 944 g/mol. The van der Waals surface area contributed by atoms with Gasteiger partial charge in [0.2, 0.25) is 0 Å². The number of nitrogens with zero attached hydrogens (tertiary/aromatic N) is 4. The van der Waals surface area contributed by atoms with Crippen LogP contribution in [0.15, 0.2) is 24.3 Å². The van der Waals surface area contributed by atoms with Crippen LogP contribution in [0.2, 0.25) is 0 Å². The first kappa shape index (κ1) is 51.9. The number of carboxylic acid groups (broad SMARTS) is 4. The molecule has 19 heteroatoms. The summed E-state index contributed by atoms with van der Waals surface area (Å²) >= 11 is 0. The van der Waals surface area contributed by atoms with Crippen LogP contribution < -0.4 is 4.74 Å². The monoisotopic (exact) mass is 944 g/mol. The minimum atomic E-state index is -1.20. The SMILES string of the molecule is CCOCCOCCOc1ccc(CCC[C@@H](C(=O)O)N2CCN(C(CCO)C(=O)O)CCN(C(CCO)C(=O)O)CCN(C(CCO)C(=O)O)CC2)cc1.[Gd]. The van der Waals surface area contributed by atoms with Gasteiger partial charge < -0.3 is 50.0 Å². The van der Waals surface area contributed by atoms with Crippen LogP contribution in [0.1, 0.15) is 44.6 Å². The number of carboxylic acids is 4. The van der Waals surface area contributed by atoms with Crippen molar-refractivity contribution < 1.29 is 109 Å². The first-order valence-electron chi connectivity index (χ1n) is 19.0. The Labute approximate surface area is 361 Å². The van der Waals surface area contributed by atoms with E-state index in [1.807, 2.05) is 31.2 Å². The number of hydrogen-bond donors (Lipinski definition) is 7. The maximum absolute atomic E-state index is 12.8. The summed E-state index contributed by atoms with van der Waals surface area (Å²) < 4.78 is 16.4. The third kappa shape index (κ3) is 19.1. The maximum atomic E-state index is 12.8. The van der Waals surface area contributed by atoms with Crippen LogP contribution in [0.25, 0.3) is 0 Å². The van der Waals surface area contributed by atoms with Crippen molar-refractivity contribution in [2.24, 2.45) is 0 Å². The molecule has 1 aliphatic heterocycles. The van der Waals surface area contributed by atoms with Gasteiger partial charge in [0.15, 0.2) is 0 Å². The van der Waals surface area contributed by atoms with Gasteiger partial charge in [0.1, 0.15) is 36.5 Å². The van der Waals surface area contributed by atoms with Crippen LogP contribution in [-0.4, -0.2) is 209 Å². The van der Waals surface area contributed by atoms with E-state index in [0.717, 1.165) is 5.56 Å². The van der Waals surface area contributed by atoms with Gasteiger partial charge in [-0.15, -0.1) is 0 Å². The first-order chi connectivity index (χ1) is 26.5. The fraction of sp³-hybridized carbons (Fsp3) is 0.730. The molecule has 0 amide bonds. The molecule has 0 radical (unpaired) electrons. The van der Waals surface area contributed by atoms with Gasteiger partial charge in [-0.2, -0.15) is 0 Å². The summed E-state index contributed by atoms with van der Waals surface area (Å²) in [7, 11) is 0. The van der Waals surface area contributed by atoms with Crippen LogP contribution in [0.3, 0.4) is 0 Å². The van der Waals surface area contributed by atoms with Gasteiger partial charge in [0.05, 0.1) is 19.8 Å². The molecular weight excluding hydrogens is 882 g/mol. The quantitative estimate of drug-likeness (QED) is 0.0585. The molecule has 18 nitrogen and oxygen atoms in total. The zero-order chi connectivity index (χ0) is 40.6. The molecule has 1 aliphatic rings. The molecule has 1 aromatic rings. The van der Waals surface area contributed by atoms with E-state index in [1.54, 1.807) is 19.6 Å². The Hall–Kier alpha value is -2.14. The third-order valence-corrected chi connectivity index (χ3v) is 9.75. The van der Waals surface area contributed by atoms with Gasteiger partial charge in [-0.05, 0) is 63.1 Å². The summed E-state index contributed by atoms with van der Waals surface area (Å²) in [4.78, 5) is 56.3. The van der Waals surface area contributed by atoms with Crippen LogP contribution >= 0.6 is 0 Å². The molecule has 0 saturated carbocycles. The number of aliphatic hydroxyl groups excluding tert-OH is 3. The van der Waals surface area contributed by atoms with Gasteiger partial charge in [0.25, 0.3) is 0 Å². The van der Waals surface area contributed by atoms with Crippen LogP contribution in [0, 0.1) is 39.9 Å². The van der Waals surface area contributed by atoms with Gasteiger partial charge >= 0.3 is 23.9 Å². The molecule has 1 heterocycles. The van der Waals surface area contributed by atoms with E-state index in [1.165, 1.54) is 0 Å². The molecule has 1 saturated heterocycles. The average Bonchev–Trinajstić information content (AvgIpc) is 3.14. The summed E-state index contributed by atoms with van der Waals surface area (Å²) in [5.41, 5.74) is 0.975. The normalized spacial score (nSPS) is 17.7. The van der Waals surface area contributed by atoms with Crippen molar-refractivity contribution in [2.45, 2.75) is 69.6 Å². The largest absolute Gasteiger partial charge is 0.491 e. The van der Waals surface area contributed by atoms with E-state index in [2.05, 4.69) is 0 Å². The van der Waals surface area contributed by atoms with E-state index < -0.39 is 67.9 Å². The Morgan fingerprint density at radius 3 is 1.23 bits per heavy atom. The standard InChI is InChI=1S/C37H62N4O14.Gd/c1-2-53-24-25-54-26-27-55-29-8-6-28(7-9-29)4-3-5-30(34(45)46)38-13-15-39(31(10-21-42)35(47)48)17-19-41(33(12-23-44)37(51)52)20-18-40(16-14-38)32(11-22-43)36(49)50;/h6-9,30-33,42-44H,2-5,10-27H2,1H3,(H,45,46)(H,47,48)(H,49,50)(H,51,52);/t30-,31?,32?,33?;/m0./s1. The molecule has 0 aromatic heterocycles. The Bertz CT molecular complexity index is 1230. The fourth-order valence-electron chi connectivity index (χ4n) is 6.77. The number of aliphatic hydroxyl groups is 3. The summed E-state index contributed by atoms with van der Waals surface area (Å²) in [6.07, 6.45) is 0.955. The van der Waals surface area contributed by atoms with E-state index >= 15 is 0 Å². The van der Waals surface area contributed by atoms with Crippen LogP contribution in [-0.2, 0) is 35.1 Å². The Morgan fingerprint density at radius 2 is 0.893 bits per heavy atom. The molecule has 7 N–H and O–H groups in total. The second-order valence-electron chi connectivity index (χ2n) is 13.3. The Balaban J connectivity index is 0.0000157. The predicted octanol–water partition coefficient (Wildman–Crippen LogP) is -0.377. The van der Waals surface area contributed by atoms with Crippen molar-refractivity contribution in [3.63, 3.8) is 0 Å². The van der Waals surface area contributed by atoms with Crippen molar-refractivity contribution in [2.75, 3.05) is 105 Å². The van der Waals surface area contributed by atoms with Crippen molar-refractivity contribution in [3.05, 3.63) is 29.8 Å². The molecule has 2 rings (SSSR count). The predicted molar refractivity (Wildman–Crippen MR) is 199 cm³/mol. The van der Waals surface area contributed by atoms with Gasteiger partial charge in [-0.1, -0.05) is 12.1 Å². The number of ether oxygens (including phenoxy) is 3. The molecule has 322 valence electrons. The van der Waals surface area contributed by atoms with Crippen molar-refractivity contribution in [3.8, 4) is 5.75 Å². The molecule has 1 fully saturated rings. The zero-order valence-corrected chi connectivity index (χ0v) is 34.6. The van der Waals surface area contributed by atoms with E-state index in [9.17, 15) is 54.9 Å². The number of hydrogen-bond acceptors (Lipinski definition) is 14. The molecule has 4 atom stereocenters. The van der Waals surface area contributed by atoms with E-state index in [0.29, 0.717) is 51.6 Å². The zero-order valence-electron chi connectivity index (χ0n) is 32.3. The van der Waals surface area contributed by atoms with Crippen molar-refractivity contribution in [1.29, 1.82) is 0 Å². The van der Waals surface area contributed by atoms with E-state index in [4.69, 9.17) is 14.2 Å².